The lowest BCUT2D eigenvalue weighted by Crippen LogP contribution is -2.37. The van der Waals surface area contributed by atoms with E-state index in [9.17, 15) is 4.79 Å². The van der Waals surface area contributed by atoms with E-state index in [0.717, 1.165) is 36.1 Å². The zero-order valence-electron chi connectivity index (χ0n) is 17.8. The van der Waals surface area contributed by atoms with E-state index < -0.39 is 0 Å². The van der Waals surface area contributed by atoms with Gasteiger partial charge in [0.2, 0.25) is 5.91 Å². The fraction of sp³-hybridized carbons (Fsp3) is 0.385. The number of piperidine rings is 1. The number of carbonyl (C=O) groups excluding carboxylic acids is 1. The summed E-state index contributed by atoms with van der Waals surface area (Å²) in [5, 5.41) is 1.12. The molecule has 0 saturated carbocycles. The molecule has 1 aliphatic rings. The van der Waals surface area contributed by atoms with Crippen molar-refractivity contribution in [2.24, 2.45) is 0 Å². The zero-order chi connectivity index (χ0) is 20.8. The maximum absolute atomic E-state index is 13.4. The quantitative estimate of drug-likeness (QED) is 0.546. The van der Waals surface area contributed by atoms with Crippen LogP contribution in [0.2, 0.25) is 0 Å². The van der Waals surface area contributed by atoms with Crippen LogP contribution < -0.4 is 0 Å². The van der Waals surface area contributed by atoms with Crippen molar-refractivity contribution in [3.8, 4) is 0 Å². The minimum atomic E-state index is 0.0204. The SMILES string of the molecule is CC(c1ccccc1)N(Cc1ccnc2ccccc12)C(=O)CCN1CCCCC1. The Morgan fingerprint density at radius 2 is 1.73 bits per heavy atom. The van der Waals surface area contributed by atoms with Crippen molar-refractivity contribution in [3.63, 3.8) is 0 Å². The lowest BCUT2D eigenvalue weighted by atomic mass is 10.0. The van der Waals surface area contributed by atoms with Crippen molar-refractivity contribution in [2.75, 3.05) is 19.6 Å². The van der Waals surface area contributed by atoms with E-state index in [1.54, 1.807) is 0 Å². The van der Waals surface area contributed by atoms with Crippen LogP contribution in [-0.4, -0.2) is 40.3 Å². The number of likely N-dealkylation sites (tertiary alicyclic amines) is 1. The number of para-hydroxylation sites is 1. The van der Waals surface area contributed by atoms with Crippen molar-refractivity contribution in [1.82, 2.24) is 14.8 Å². The number of fused-ring (bicyclic) bond motifs is 1. The first-order valence-electron chi connectivity index (χ1n) is 11.1. The van der Waals surface area contributed by atoms with Gasteiger partial charge in [0.15, 0.2) is 0 Å². The highest BCUT2D eigenvalue weighted by Crippen LogP contribution is 2.26. The number of rotatable bonds is 7. The molecule has 1 aliphatic heterocycles. The molecule has 1 aromatic heterocycles. The van der Waals surface area contributed by atoms with Crippen molar-refractivity contribution in [1.29, 1.82) is 0 Å². The molecular formula is C26H31N3O. The molecule has 4 rings (SSSR count). The van der Waals surface area contributed by atoms with Crippen LogP contribution in [0, 0.1) is 0 Å². The van der Waals surface area contributed by atoms with Gasteiger partial charge in [-0.1, -0.05) is 55.0 Å². The van der Waals surface area contributed by atoms with Gasteiger partial charge in [0.05, 0.1) is 11.6 Å². The van der Waals surface area contributed by atoms with Crippen LogP contribution in [-0.2, 0) is 11.3 Å². The number of aromatic nitrogens is 1. The Morgan fingerprint density at radius 1 is 1.00 bits per heavy atom. The van der Waals surface area contributed by atoms with Gasteiger partial charge in [-0.05, 0) is 56.1 Å². The monoisotopic (exact) mass is 401 g/mol. The average molecular weight is 402 g/mol. The van der Waals surface area contributed by atoms with E-state index in [1.807, 2.05) is 53.6 Å². The van der Waals surface area contributed by atoms with Gasteiger partial charge in [-0.25, -0.2) is 0 Å². The van der Waals surface area contributed by atoms with Crippen LogP contribution in [0.5, 0.6) is 0 Å². The topological polar surface area (TPSA) is 36.4 Å². The minimum Gasteiger partial charge on any atom is -0.332 e. The molecule has 0 radical (unpaired) electrons. The van der Waals surface area contributed by atoms with E-state index in [2.05, 4.69) is 35.0 Å². The molecule has 0 spiro atoms. The number of hydrogen-bond acceptors (Lipinski definition) is 3. The Labute approximate surface area is 179 Å². The second kappa shape index (κ2) is 9.86. The molecule has 1 saturated heterocycles. The Bertz CT molecular complexity index is 961. The largest absolute Gasteiger partial charge is 0.332 e. The third kappa shape index (κ3) is 4.88. The summed E-state index contributed by atoms with van der Waals surface area (Å²) in [6, 6.07) is 20.6. The molecule has 4 heteroatoms. The van der Waals surface area contributed by atoms with Gasteiger partial charge in [0.1, 0.15) is 0 Å². The molecule has 1 unspecified atom stereocenters. The molecule has 1 atom stereocenters. The minimum absolute atomic E-state index is 0.0204. The predicted octanol–water partition coefficient (Wildman–Crippen LogP) is 5.20. The highest BCUT2D eigenvalue weighted by molar-refractivity contribution is 5.83. The van der Waals surface area contributed by atoms with Gasteiger partial charge in [-0.3, -0.25) is 9.78 Å². The smallest absolute Gasteiger partial charge is 0.224 e. The van der Waals surface area contributed by atoms with E-state index in [0.29, 0.717) is 13.0 Å². The zero-order valence-corrected chi connectivity index (χ0v) is 17.8. The van der Waals surface area contributed by atoms with Gasteiger partial charge < -0.3 is 9.80 Å². The summed E-state index contributed by atoms with van der Waals surface area (Å²) in [6.45, 7) is 5.83. The fourth-order valence-electron chi connectivity index (χ4n) is 4.41. The maximum atomic E-state index is 13.4. The molecule has 0 aliphatic carbocycles. The average Bonchev–Trinajstić information content (AvgIpc) is 2.82. The normalized spacial score (nSPS) is 15.8. The number of hydrogen-bond donors (Lipinski definition) is 0. The van der Waals surface area contributed by atoms with Crippen LogP contribution in [0.3, 0.4) is 0 Å². The number of pyridine rings is 1. The third-order valence-electron chi connectivity index (χ3n) is 6.24. The van der Waals surface area contributed by atoms with E-state index >= 15 is 0 Å². The van der Waals surface area contributed by atoms with Crippen molar-refractivity contribution >= 4 is 16.8 Å². The van der Waals surface area contributed by atoms with Gasteiger partial charge in [-0.15, -0.1) is 0 Å². The van der Waals surface area contributed by atoms with Crippen LogP contribution in [0.15, 0.2) is 66.9 Å². The van der Waals surface area contributed by atoms with Crippen molar-refractivity contribution in [2.45, 2.75) is 45.2 Å². The van der Waals surface area contributed by atoms with E-state index in [1.165, 1.54) is 24.8 Å². The lowest BCUT2D eigenvalue weighted by Gasteiger charge is -2.32. The van der Waals surface area contributed by atoms with Crippen molar-refractivity contribution < 1.29 is 4.79 Å². The Kier molecular flexibility index (Phi) is 6.75. The molecule has 4 nitrogen and oxygen atoms in total. The lowest BCUT2D eigenvalue weighted by molar-refractivity contribution is -0.134. The first-order valence-corrected chi connectivity index (χ1v) is 11.1. The highest BCUT2D eigenvalue weighted by Gasteiger charge is 2.23. The number of benzene rings is 2. The maximum Gasteiger partial charge on any atom is 0.224 e. The molecule has 156 valence electrons. The van der Waals surface area contributed by atoms with E-state index in [-0.39, 0.29) is 11.9 Å². The van der Waals surface area contributed by atoms with Gasteiger partial charge in [0.25, 0.3) is 0 Å². The number of nitrogens with zero attached hydrogens (tertiary/aromatic N) is 3. The summed E-state index contributed by atoms with van der Waals surface area (Å²) >= 11 is 0. The summed E-state index contributed by atoms with van der Waals surface area (Å²) in [5.41, 5.74) is 3.29. The predicted molar refractivity (Wildman–Crippen MR) is 122 cm³/mol. The molecule has 3 aromatic rings. The second-order valence-electron chi connectivity index (χ2n) is 8.25. The summed E-state index contributed by atoms with van der Waals surface area (Å²) in [6.07, 6.45) is 6.24. The Morgan fingerprint density at radius 3 is 2.53 bits per heavy atom. The molecule has 1 amide bonds. The molecule has 2 aromatic carbocycles. The van der Waals surface area contributed by atoms with Crippen LogP contribution in [0.25, 0.3) is 10.9 Å². The first kappa shape index (κ1) is 20.5. The summed E-state index contributed by atoms with van der Waals surface area (Å²) in [5.74, 6) is 0.220. The van der Waals surface area contributed by atoms with E-state index in [4.69, 9.17) is 0 Å². The molecule has 2 heterocycles. The standard InChI is InChI=1S/C26H31N3O/c1-21(22-10-4-2-5-11-22)29(26(30)15-19-28-17-8-3-9-18-28)20-23-14-16-27-25-13-7-6-12-24(23)25/h2,4-7,10-14,16,21H,3,8-9,15,17-20H2,1H3. The van der Waals surface area contributed by atoms with Crippen LogP contribution in [0.4, 0.5) is 0 Å². The molecule has 1 fully saturated rings. The molecule has 0 bridgehead atoms. The van der Waals surface area contributed by atoms with Crippen LogP contribution >= 0.6 is 0 Å². The summed E-state index contributed by atoms with van der Waals surface area (Å²) in [4.78, 5) is 22.4. The summed E-state index contributed by atoms with van der Waals surface area (Å²) < 4.78 is 0. The number of amides is 1. The Balaban J connectivity index is 1.57. The highest BCUT2D eigenvalue weighted by atomic mass is 16.2. The van der Waals surface area contributed by atoms with Gasteiger partial charge >= 0.3 is 0 Å². The second-order valence-corrected chi connectivity index (χ2v) is 8.25. The number of carbonyl (C=O) groups is 1. The van der Waals surface area contributed by atoms with Crippen molar-refractivity contribution in [3.05, 3.63) is 78.0 Å². The summed E-state index contributed by atoms with van der Waals surface area (Å²) in [7, 11) is 0. The first-order chi connectivity index (χ1) is 14.7. The molecular weight excluding hydrogens is 370 g/mol. The third-order valence-corrected chi connectivity index (χ3v) is 6.24. The van der Waals surface area contributed by atoms with Gasteiger partial charge in [-0.2, -0.15) is 0 Å². The van der Waals surface area contributed by atoms with Gasteiger partial charge in [0, 0.05) is 31.1 Å². The fourth-order valence-corrected chi connectivity index (χ4v) is 4.41. The Hall–Kier alpha value is -2.72. The van der Waals surface area contributed by atoms with Crippen LogP contribution in [0.1, 0.15) is 49.8 Å². The molecule has 0 N–H and O–H groups in total. The molecule has 30 heavy (non-hydrogen) atoms.